The van der Waals surface area contributed by atoms with Gasteiger partial charge in [-0.15, -0.1) is 0 Å². The minimum absolute atomic E-state index is 0.0118. The third-order valence-corrected chi connectivity index (χ3v) is 4.44. The van der Waals surface area contributed by atoms with Gasteiger partial charge < -0.3 is 5.32 Å². The highest BCUT2D eigenvalue weighted by Crippen LogP contribution is 2.36. The first-order valence-electron chi connectivity index (χ1n) is 7.25. The summed E-state index contributed by atoms with van der Waals surface area (Å²) >= 11 is 0. The molecule has 2 aliphatic rings. The van der Waals surface area contributed by atoms with Gasteiger partial charge in [-0.25, -0.2) is 0 Å². The third-order valence-electron chi connectivity index (χ3n) is 4.44. The fourth-order valence-corrected chi connectivity index (χ4v) is 3.23. The number of aromatic nitrogens is 2. The van der Waals surface area contributed by atoms with Gasteiger partial charge in [0.05, 0.1) is 11.9 Å². The van der Waals surface area contributed by atoms with E-state index in [0.29, 0.717) is 5.69 Å². The quantitative estimate of drug-likeness (QED) is 0.878. The zero-order chi connectivity index (χ0) is 14.3. The second-order valence-electron chi connectivity index (χ2n) is 5.68. The molecule has 1 N–H and O–H groups in total. The van der Waals surface area contributed by atoms with Gasteiger partial charge in [0.1, 0.15) is 11.6 Å². The van der Waals surface area contributed by atoms with Crippen LogP contribution in [0.1, 0.15) is 39.5 Å². The Morgan fingerprint density at radius 2 is 2.10 bits per heavy atom. The molecular formula is C14H20N4O2. The Hall–Kier alpha value is -1.85. The van der Waals surface area contributed by atoms with E-state index in [0.717, 1.165) is 32.2 Å². The van der Waals surface area contributed by atoms with Gasteiger partial charge >= 0.3 is 0 Å². The molecule has 3 rings (SSSR count). The van der Waals surface area contributed by atoms with Gasteiger partial charge in [0, 0.05) is 12.7 Å². The number of piperazine rings is 1. The Labute approximate surface area is 118 Å². The van der Waals surface area contributed by atoms with Gasteiger partial charge in [0.2, 0.25) is 5.91 Å². The fourth-order valence-electron chi connectivity index (χ4n) is 3.23. The summed E-state index contributed by atoms with van der Waals surface area (Å²) in [5.41, 5.74) is 0.0308. The number of aryl methyl sites for hydroxylation is 1. The van der Waals surface area contributed by atoms with Gasteiger partial charge in [0.25, 0.3) is 5.91 Å². The lowest BCUT2D eigenvalue weighted by Gasteiger charge is -2.42. The summed E-state index contributed by atoms with van der Waals surface area (Å²) < 4.78 is 1.77. The van der Waals surface area contributed by atoms with Crippen molar-refractivity contribution < 1.29 is 9.59 Å². The van der Waals surface area contributed by atoms with Crippen LogP contribution in [0.3, 0.4) is 0 Å². The van der Waals surface area contributed by atoms with Crippen LogP contribution >= 0.6 is 0 Å². The average Bonchev–Trinajstić information content (AvgIpc) is 3.07. The molecule has 1 unspecified atom stereocenters. The van der Waals surface area contributed by atoms with Crippen molar-refractivity contribution in [3.63, 3.8) is 0 Å². The van der Waals surface area contributed by atoms with E-state index in [-0.39, 0.29) is 11.8 Å². The molecule has 2 amide bonds. The van der Waals surface area contributed by atoms with Gasteiger partial charge in [-0.3, -0.25) is 19.2 Å². The molecule has 1 aliphatic carbocycles. The molecule has 1 saturated carbocycles. The zero-order valence-electron chi connectivity index (χ0n) is 11.9. The number of hydrogen-bond acceptors (Lipinski definition) is 3. The van der Waals surface area contributed by atoms with Gasteiger partial charge in [-0.1, -0.05) is 12.8 Å². The number of nitrogens with zero attached hydrogens (tertiary/aromatic N) is 3. The van der Waals surface area contributed by atoms with Gasteiger partial charge in [0.15, 0.2) is 0 Å². The molecular weight excluding hydrogens is 256 g/mol. The third kappa shape index (κ3) is 1.82. The predicted molar refractivity (Wildman–Crippen MR) is 74.2 cm³/mol. The Balaban J connectivity index is 1.98. The number of hydrogen-bond donors (Lipinski definition) is 1. The molecule has 1 aromatic heterocycles. The maximum atomic E-state index is 12.9. The zero-order valence-corrected chi connectivity index (χ0v) is 11.9. The first-order chi connectivity index (χ1) is 9.57. The van der Waals surface area contributed by atoms with Gasteiger partial charge in [-0.05, 0) is 26.7 Å². The maximum Gasteiger partial charge on any atom is 0.253 e. The van der Waals surface area contributed by atoms with Crippen LogP contribution in [0.15, 0.2) is 12.4 Å². The van der Waals surface area contributed by atoms with E-state index >= 15 is 0 Å². The first kappa shape index (κ1) is 13.1. The number of amides is 2. The lowest BCUT2D eigenvalue weighted by atomic mass is 9.91. The van der Waals surface area contributed by atoms with Crippen molar-refractivity contribution in [2.45, 2.75) is 57.7 Å². The van der Waals surface area contributed by atoms with Crippen LogP contribution in [0, 0.1) is 0 Å². The summed E-state index contributed by atoms with van der Waals surface area (Å²) in [5.74, 6) is -0.0616. The molecule has 6 nitrogen and oxygen atoms in total. The largest absolute Gasteiger partial charge is 0.340 e. The van der Waals surface area contributed by atoms with Crippen molar-refractivity contribution in [1.82, 2.24) is 15.1 Å². The van der Waals surface area contributed by atoms with Crippen molar-refractivity contribution in [3.8, 4) is 0 Å². The normalized spacial score (nSPS) is 25.3. The molecule has 2 fully saturated rings. The molecule has 1 spiro atoms. The van der Waals surface area contributed by atoms with Crippen molar-refractivity contribution in [2.75, 3.05) is 4.90 Å². The minimum atomic E-state index is -0.683. The Kier molecular flexibility index (Phi) is 3.03. The SMILES string of the molecule is CCn1cc(N2C(=O)C3(CCCC3)NC(=O)C2C)cn1. The lowest BCUT2D eigenvalue weighted by molar-refractivity contribution is -0.137. The number of anilines is 1. The van der Waals surface area contributed by atoms with E-state index in [1.807, 2.05) is 13.1 Å². The number of rotatable bonds is 2. The van der Waals surface area contributed by atoms with Crippen LogP contribution in [-0.2, 0) is 16.1 Å². The summed E-state index contributed by atoms with van der Waals surface area (Å²) in [4.78, 5) is 26.7. The molecule has 20 heavy (non-hydrogen) atoms. The van der Waals surface area contributed by atoms with Crippen LogP contribution in [0.25, 0.3) is 0 Å². The number of nitrogens with one attached hydrogen (secondary N) is 1. The Morgan fingerprint density at radius 3 is 2.70 bits per heavy atom. The molecule has 0 bridgehead atoms. The topological polar surface area (TPSA) is 67.2 Å². The monoisotopic (exact) mass is 276 g/mol. The fraction of sp³-hybridized carbons (Fsp3) is 0.643. The highest BCUT2D eigenvalue weighted by Gasteiger charge is 2.51. The van der Waals surface area contributed by atoms with E-state index < -0.39 is 11.6 Å². The van der Waals surface area contributed by atoms with Crippen LogP contribution in [-0.4, -0.2) is 33.2 Å². The van der Waals surface area contributed by atoms with Crippen LogP contribution in [0.2, 0.25) is 0 Å². The predicted octanol–water partition coefficient (Wildman–Crippen LogP) is 1.07. The molecule has 1 aliphatic heterocycles. The number of carbonyl (C=O) groups is 2. The van der Waals surface area contributed by atoms with Crippen molar-refractivity contribution in [2.24, 2.45) is 0 Å². The van der Waals surface area contributed by atoms with Crippen molar-refractivity contribution >= 4 is 17.5 Å². The maximum absolute atomic E-state index is 12.9. The van der Waals surface area contributed by atoms with Crippen LogP contribution in [0.5, 0.6) is 0 Å². The first-order valence-corrected chi connectivity index (χ1v) is 7.25. The Morgan fingerprint density at radius 1 is 1.40 bits per heavy atom. The molecule has 1 aromatic rings. The highest BCUT2D eigenvalue weighted by molar-refractivity contribution is 6.10. The van der Waals surface area contributed by atoms with Crippen molar-refractivity contribution in [1.29, 1.82) is 0 Å². The summed E-state index contributed by atoms with van der Waals surface area (Å²) in [5, 5.41) is 7.16. The standard InChI is InChI=1S/C14H20N4O2/c1-3-17-9-11(8-15-17)18-10(2)12(19)16-14(13(18)20)6-4-5-7-14/h8-10H,3-7H2,1-2H3,(H,16,19). The summed E-state index contributed by atoms with van der Waals surface area (Å²) in [6, 6.07) is -0.483. The van der Waals surface area contributed by atoms with Gasteiger partial charge in [-0.2, -0.15) is 5.10 Å². The molecule has 108 valence electrons. The molecule has 1 atom stereocenters. The van der Waals surface area contributed by atoms with E-state index in [4.69, 9.17) is 0 Å². The molecule has 0 radical (unpaired) electrons. The summed E-state index contributed by atoms with van der Waals surface area (Å²) in [6.07, 6.45) is 6.95. The minimum Gasteiger partial charge on any atom is -0.340 e. The molecule has 1 saturated heterocycles. The van der Waals surface area contributed by atoms with Crippen LogP contribution in [0.4, 0.5) is 5.69 Å². The second kappa shape index (κ2) is 4.61. The van der Waals surface area contributed by atoms with E-state index in [2.05, 4.69) is 10.4 Å². The lowest BCUT2D eigenvalue weighted by Crippen LogP contribution is -2.69. The number of carbonyl (C=O) groups excluding carboxylic acids is 2. The molecule has 0 aromatic carbocycles. The second-order valence-corrected chi connectivity index (χ2v) is 5.68. The van der Waals surface area contributed by atoms with E-state index in [9.17, 15) is 9.59 Å². The summed E-state index contributed by atoms with van der Waals surface area (Å²) in [7, 11) is 0. The van der Waals surface area contributed by atoms with E-state index in [1.54, 1.807) is 22.7 Å². The van der Waals surface area contributed by atoms with Crippen molar-refractivity contribution in [3.05, 3.63) is 12.4 Å². The highest BCUT2D eigenvalue weighted by atomic mass is 16.2. The smallest absolute Gasteiger partial charge is 0.253 e. The van der Waals surface area contributed by atoms with Crippen LogP contribution < -0.4 is 10.2 Å². The average molecular weight is 276 g/mol. The van der Waals surface area contributed by atoms with E-state index in [1.165, 1.54) is 0 Å². The Bertz CT molecular complexity index is 545. The molecule has 2 heterocycles. The molecule has 6 heteroatoms. The summed E-state index contributed by atoms with van der Waals surface area (Å²) in [6.45, 7) is 4.50.